The zero-order chi connectivity index (χ0) is 20.9. The zero-order valence-electron chi connectivity index (χ0n) is 17.7. The Morgan fingerprint density at radius 1 is 1.13 bits per heavy atom. The van der Waals surface area contributed by atoms with Crippen molar-refractivity contribution < 1.29 is 4.79 Å². The fourth-order valence-electron chi connectivity index (χ4n) is 4.68. The van der Waals surface area contributed by atoms with Gasteiger partial charge in [0.1, 0.15) is 5.65 Å². The lowest BCUT2D eigenvalue weighted by molar-refractivity contribution is 0.0666. The van der Waals surface area contributed by atoms with Crippen molar-refractivity contribution in [2.45, 2.75) is 25.2 Å². The summed E-state index contributed by atoms with van der Waals surface area (Å²) in [6.07, 6.45) is 9.44. The zero-order valence-corrected chi connectivity index (χ0v) is 17.7. The molecule has 0 unspecified atom stereocenters. The molecule has 31 heavy (non-hydrogen) atoms. The number of fused-ring (bicyclic) bond motifs is 2. The van der Waals surface area contributed by atoms with E-state index in [1.807, 2.05) is 23.4 Å². The number of H-pyrrole nitrogens is 1. The quantitative estimate of drug-likeness (QED) is 0.557. The summed E-state index contributed by atoms with van der Waals surface area (Å²) in [5.41, 5.74) is 5.79. The molecule has 7 nitrogen and oxygen atoms in total. The molecule has 0 spiro atoms. The average Bonchev–Trinajstić information content (AvgIpc) is 3.36. The number of nitrogens with zero attached hydrogens (tertiary/aromatic N) is 5. The number of nitrogens with one attached hydrogen (secondary N) is 1. The SMILES string of the molecule is CN1CCN(C(=O)c2cnn3ccc(-c4c[nH]c5nc(C6CCC6)ccc45)cc23)CC1. The van der Waals surface area contributed by atoms with E-state index in [1.54, 1.807) is 10.7 Å². The normalized spacial score (nSPS) is 18.0. The van der Waals surface area contributed by atoms with Crippen molar-refractivity contribution in [3.63, 3.8) is 0 Å². The predicted octanol–water partition coefficient (Wildman–Crippen LogP) is 3.53. The van der Waals surface area contributed by atoms with Crippen LogP contribution in [-0.4, -0.2) is 68.5 Å². The molecule has 158 valence electrons. The van der Waals surface area contributed by atoms with Gasteiger partial charge in [-0.25, -0.2) is 9.50 Å². The molecule has 1 N–H and O–H groups in total. The highest BCUT2D eigenvalue weighted by Crippen LogP contribution is 2.37. The molecule has 1 saturated carbocycles. The standard InChI is InChI=1S/C24H26N6O/c1-28-9-11-29(12-10-28)24(31)20-15-26-30-8-7-17(13-22(20)30)19-14-25-23-18(19)5-6-21(27-23)16-3-2-4-16/h5-8,13-16H,2-4,9-12H2,1H3,(H,25,27). The number of carbonyl (C=O) groups excluding carboxylic acids is 1. The van der Waals surface area contributed by atoms with Crippen LogP contribution in [0.25, 0.3) is 27.7 Å². The Morgan fingerprint density at radius 3 is 2.74 bits per heavy atom. The van der Waals surface area contributed by atoms with Gasteiger partial charge in [-0.3, -0.25) is 4.79 Å². The highest BCUT2D eigenvalue weighted by molar-refractivity contribution is 6.02. The van der Waals surface area contributed by atoms with Crippen LogP contribution in [0.3, 0.4) is 0 Å². The molecule has 5 heterocycles. The van der Waals surface area contributed by atoms with Gasteiger partial charge >= 0.3 is 0 Å². The van der Waals surface area contributed by atoms with Crippen LogP contribution in [0.1, 0.15) is 41.2 Å². The summed E-state index contributed by atoms with van der Waals surface area (Å²) in [4.78, 5) is 25.6. The number of rotatable bonds is 3. The smallest absolute Gasteiger partial charge is 0.257 e. The number of carbonyl (C=O) groups is 1. The summed E-state index contributed by atoms with van der Waals surface area (Å²) in [6.45, 7) is 3.32. The number of aromatic nitrogens is 4. The maximum Gasteiger partial charge on any atom is 0.257 e. The fourth-order valence-corrected chi connectivity index (χ4v) is 4.68. The van der Waals surface area contributed by atoms with Crippen molar-refractivity contribution in [2.75, 3.05) is 33.2 Å². The van der Waals surface area contributed by atoms with Crippen LogP contribution in [0.5, 0.6) is 0 Å². The van der Waals surface area contributed by atoms with Gasteiger partial charge in [-0.2, -0.15) is 5.10 Å². The number of hydrogen-bond donors (Lipinski definition) is 1. The van der Waals surface area contributed by atoms with E-state index in [4.69, 9.17) is 4.98 Å². The molecule has 2 fully saturated rings. The van der Waals surface area contributed by atoms with Crippen LogP contribution < -0.4 is 0 Å². The van der Waals surface area contributed by atoms with Crippen LogP contribution in [0.4, 0.5) is 0 Å². The maximum absolute atomic E-state index is 13.2. The molecule has 4 aromatic heterocycles. The van der Waals surface area contributed by atoms with Gasteiger partial charge in [-0.1, -0.05) is 6.42 Å². The van der Waals surface area contributed by atoms with Crippen molar-refractivity contribution in [1.82, 2.24) is 29.4 Å². The molecular formula is C24H26N6O. The Bertz CT molecular complexity index is 1280. The molecule has 1 aliphatic heterocycles. The van der Waals surface area contributed by atoms with Crippen molar-refractivity contribution in [3.05, 3.63) is 54.1 Å². The summed E-state index contributed by atoms with van der Waals surface area (Å²) in [6, 6.07) is 8.47. The van der Waals surface area contributed by atoms with Crippen molar-refractivity contribution >= 4 is 22.5 Å². The van der Waals surface area contributed by atoms with Crippen LogP contribution in [0.2, 0.25) is 0 Å². The van der Waals surface area contributed by atoms with E-state index >= 15 is 0 Å². The fraction of sp³-hybridized carbons (Fsp3) is 0.375. The van der Waals surface area contributed by atoms with Crippen molar-refractivity contribution in [2.24, 2.45) is 0 Å². The Hall–Kier alpha value is -3.19. The van der Waals surface area contributed by atoms with Gasteiger partial charge < -0.3 is 14.8 Å². The van der Waals surface area contributed by atoms with E-state index in [-0.39, 0.29) is 5.91 Å². The molecule has 1 amide bonds. The lowest BCUT2D eigenvalue weighted by atomic mass is 9.82. The number of pyridine rings is 2. The molecule has 1 saturated heterocycles. The highest BCUT2D eigenvalue weighted by Gasteiger charge is 2.24. The molecule has 6 rings (SSSR count). The Morgan fingerprint density at radius 2 is 1.97 bits per heavy atom. The number of piperazine rings is 1. The van der Waals surface area contributed by atoms with Crippen LogP contribution >= 0.6 is 0 Å². The number of aromatic amines is 1. The van der Waals surface area contributed by atoms with Crippen LogP contribution in [-0.2, 0) is 0 Å². The van der Waals surface area contributed by atoms with Crippen LogP contribution in [0.15, 0.2) is 42.9 Å². The topological polar surface area (TPSA) is 69.5 Å². The summed E-state index contributed by atoms with van der Waals surface area (Å²) >= 11 is 0. The summed E-state index contributed by atoms with van der Waals surface area (Å²) < 4.78 is 1.79. The summed E-state index contributed by atoms with van der Waals surface area (Å²) in [5, 5.41) is 5.53. The molecule has 4 aromatic rings. The van der Waals surface area contributed by atoms with E-state index in [1.165, 1.54) is 25.0 Å². The second kappa shape index (κ2) is 7.20. The van der Waals surface area contributed by atoms with Gasteiger partial charge in [0.2, 0.25) is 0 Å². The lowest BCUT2D eigenvalue weighted by Crippen LogP contribution is -2.47. The number of likely N-dealkylation sites (N-methyl/N-ethyl adjacent to an activating group) is 1. The second-order valence-electron chi connectivity index (χ2n) is 8.86. The molecular weight excluding hydrogens is 388 g/mol. The monoisotopic (exact) mass is 414 g/mol. The summed E-state index contributed by atoms with van der Waals surface area (Å²) in [5.74, 6) is 0.674. The van der Waals surface area contributed by atoms with E-state index in [2.05, 4.69) is 40.2 Å². The van der Waals surface area contributed by atoms with Gasteiger partial charge in [-0.05, 0) is 49.7 Å². The average molecular weight is 415 g/mol. The first kappa shape index (κ1) is 18.6. The van der Waals surface area contributed by atoms with Crippen molar-refractivity contribution in [3.8, 4) is 11.1 Å². The number of amides is 1. The molecule has 0 aromatic carbocycles. The first-order chi connectivity index (χ1) is 15.2. The molecule has 7 heteroatoms. The van der Waals surface area contributed by atoms with E-state index in [0.717, 1.165) is 53.9 Å². The third kappa shape index (κ3) is 3.11. The number of hydrogen-bond acceptors (Lipinski definition) is 4. The largest absolute Gasteiger partial charge is 0.346 e. The molecule has 0 bridgehead atoms. The van der Waals surface area contributed by atoms with Gasteiger partial charge in [-0.15, -0.1) is 0 Å². The molecule has 1 aliphatic carbocycles. The Labute approximate surface area is 180 Å². The minimum atomic E-state index is 0.0611. The third-order valence-electron chi connectivity index (χ3n) is 6.94. The highest BCUT2D eigenvalue weighted by atomic mass is 16.2. The first-order valence-electron chi connectivity index (χ1n) is 11.1. The van der Waals surface area contributed by atoms with Crippen LogP contribution in [0, 0.1) is 0 Å². The van der Waals surface area contributed by atoms with Gasteiger partial charge in [0.25, 0.3) is 5.91 Å². The van der Waals surface area contributed by atoms with Gasteiger partial charge in [0, 0.05) is 61.1 Å². The molecule has 2 aliphatic rings. The Balaban J connectivity index is 1.36. The van der Waals surface area contributed by atoms with Gasteiger partial charge in [0.15, 0.2) is 0 Å². The molecule has 0 atom stereocenters. The summed E-state index contributed by atoms with van der Waals surface area (Å²) in [7, 11) is 2.09. The predicted molar refractivity (Wildman–Crippen MR) is 120 cm³/mol. The van der Waals surface area contributed by atoms with E-state index in [0.29, 0.717) is 11.5 Å². The van der Waals surface area contributed by atoms with E-state index < -0.39 is 0 Å². The van der Waals surface area contributed by atoms with Crippen molar-refractivity contribution in [1.29, 1.82) is 0 Å². The lowest BCUT2D eigenvalue weighted by Gasteiger charge is -2.32. The molecule has 0 radical (unpaired) electrons. The first-order valence-corrected chi connectivity index (χ1v) is 11.1. The third-order valence-corrected chi connectivity index (χ3v) is 6.94. The second-order valence-corrected chi connectivity index (χ2v) is 8.86. The minimum Gasteiger partial charge on any atom is -0.346 e. The van der Waals surface area contributed by atoms with Gasteiger partial charge in [0.05, 0.1) is 17.3 Å². The Kier molecular flexibility index (Phi) is 4.31. The maximum atomic E-state index is 13.2. The van der Waals surface area contributed by atoms with E-state index in [9.17, 15) is 4.79 Å². The minimum absolute atomic E-state index is 0.0611.